The Morgan fingerprint density at radius 2 is 1.89 bits per heavy atom. The first-order chi connectivity index (χ1) is 8.21. The monoisotopic (exact) mass is 268 g/mol. The molecule has 1 aromatic rings. The summed E-state index contributed by atoms with van der Waals surface area (Å²) in [5.74, 6) is 0.160. The highest BCUT2D eigenvalue weighted by atomic mass is 32.1. The second-order valence-corrected chi connectivity index (χ2v) is 6.83. The molecule has 0 atom stereocenters. The summed E-state index contributed by atoms with van der Waals surface area (Å²) in [6, 6.07) is 0.178. The predicted octanol–water partition coefficient (Wildman–Crippen LogP) is 1.93. The Hall–Kier alpha value is -1.30. The molecule has 2 rings (SSSR count). The first kappa shape index (κ1) is 13.1. The van der Waals surface area contributed by atoms with Crippen molar-refractivity contribution in [2.24, 2.45) is 10.8 Å². The fourth-order valence-electron chi connectivity index (χ4n) is 2.36. The number of nitrogens with zero attached hydrogens (tertiary/aromatic N) is 1. The van der Waals surface area contributed by atoms with Gasteiger partial charge in [0.1, 0.15) is 10.7 Å². The van der Waals surface area contributed by atoms with E-state index in [-0.39, 0.29) is 28.6 Å². The molecule has 1 aliphatic rings. The molecular formula is C12H20N4OS. The normalized spacial score (nSPS) is 20.5. The van der Waals surface area contributed by atoms with Gasteiger partial charge in [0.2, 0.25) is 0 Å². The third-order valence-corrected chi connectivity index (χ3v) is 5.46. The molecule has 1 heterocycles. The van der Waals surface area contributed by atoms with Crippen LogP contribution in [0.1, 0.15) is 37.4 Å². The van der Waals surface area contributed by atoms with Gasteiger partial charge in [-0.2, -0.15) is 0 Å². The molecule has 4 N–H and O–H groups in total. The van der Waals surface area contributed by atoms with Crippen LogP contribution >= 0.6 is 11.3 Å². The van der Waals surface area contributed by atoms with E-state index in [0.717, 1.165) is 0 Å². The number of aromatic nitrogens is 1. The van der Waals surface area contributed by atoms with E-state index in [0.29, 0.717) is 10.0 Å². The van der Waals surface area contributed by atoms with Crippen LogP contribution in [0.2, 0.25) is 0 Å². The standard InChI is InChI=1S/C12H20N4OS/c1-11(2)9(12(11,3)4)16-8(17)6-7(13)15-10(14-5)18-6/h9H,13H2,1-5H3,(H,14,15)(H,16,17). The maximum Gasteiger partial charge on any atom is 0.265 e. The highest BCUT2D eigenvalue weighted by molar-refractivity contribution is 7.18. The zero-order chi connectivity index (χ0) is 13.7. The molecule has 18 heavy (non-hydrogen) atoms. The Balaban J connectivity index is 2.12. The number of thiazole rings is 1. The van der Waals surface area contributed by atoms with Gasteiger partial charge in [-0.15, -0.1) is 0 Å². The number of anilines is 2. The van der Waals surface area contributed by atoms with E-state index in [1.807, 2.05) is 0 Å². The van der Waals surface area contributed by atoms with Crippen molar-refractivity contribution in [1.29, 1.82) is 0 Å². The highest BCUT2D eigenvalue weighted by Gasteiger charge is 2.65. The molecule has 0 unspecified atom stereocenters. The molecule has 1 amide bonds. The minimum absolute atomic E-state index is 0.119. The molecule has 1 aliphatic carbocycles. The zero-order valence-electron chi connectivity index (χ0n) is 11.4. The van der Waals surface area contributed by atoms with Gasteiger partial charge in [-0.05, 0) is 10.8 Å². The van der Waals surface area contributed by atoms with Crippen LogP contribution in [-0.2, 0) is 0 Å². The quantitative estimate of drug-likeness (QED) is 0.782. The minimum Gasteiger partial charge on any atom is -0.382 e. The maximum absolute atomic E-state index is 12.2. The Bertz CT molecular complexity index is 478. The number of hydrogen-bond donors (Lipinski definition) is 3. The molecule has 0 radical (unpaired) electrons. The van der Waals surface area contributed by atoms with Crippen LogP contribution < -0.4 is 16.4 Å². The van der Waals surface area contributed by atoms with E-state index in [1.165, 1.54) is 11.3 Å². The van der Waals surface area contributed by atoms with Crippen molar-refractivity contribution in [3.63, 3.8) is 0 Å². The molecule has 1 fully saturated rings. The van der Waals surface area contributed by atoms with Gasteiger partial charge >= 0.3 is 0 Å². The van der Waals surface area contributed by atoms with Crippen LogP contribution in [-0.4, -0.2) is 24.0 Å². The van der Waals surface area contributed by atoms with Crippen LogP contribution in [0.25, 0.3) is 0 Å². The fourth-order valence-corrected chi connectivity index (χ4v) is 3.10. The summed E-state index contributed by atoms with van der Waals surface area (Å²) in [7, 11) is 1.76. The molecule has 0 aliphatic heterocycles. The lowest BCUT2D eigenvalue weighted by atomic mass is 10.0. The first-order valence-corrected chi connectivity index (χ1v) is 6.78. The largest absolute Gasteiger partial charge is 0.382 e. The van der Waals surface area contributed by atoms with Gasteiger partial charge in [-0.25, -0.2) is 4.98 Å². The van der Waals surface area contributed by atoms with Crippen LogP contribution in [0, 0.1) is 10.8 Å². The summed E-state index contributed by atoms with van der Waals surface area (Å²) in [6.07, 6.45) is 0. The molecule has 1 saturated carbocycles. The average Bonchev–Trinajstić information content (AvgIpc) is 2.64. The highest BCUT2D eigenvalue weighted by Crippen LogP contribution is 2.62. The minimum atomic E-state index is -0.129. The number of nitrogens with one attached hydrogen (secondary N) is 2. The fraction of sp³-hybridized carbons (Fsp3) is 0.667. The summed E-state index contributed by atoms with van der Waals surface area (Å²) in [5.41, 5.74) is 5.99. The van der Waals surface area contributed by atoms with E-state index in [1.54, 1.807) is 7.05 Å². The summed E-state index contributed by atoms with van der Waals surface area (Å²) >= 11 is 1.28. The van der Waals surface area contributed by atoms with Crippen molar-refractivity contribution in [2.75, 3.05) is 18.1 Å². The lowest BCUT2D eigenvalue weighted by Gasteiger charge is -2.05. The van der Waals surface area contributed by atoms with E-state index in [4.69, 9.17) is 5.73 Å². The number of hydrogen-bond acceptors (Lipinski definition) is 5. The van der Waals surface area contributed by atoms with Crippen molar-refractivity contribution in [3.8, 4) is 0 Å². The molecule has 100 valence electrons. The molecule has 5 nitrogen and oxygen atoms in total. The Kier molecular flexibility index (Phi) is 2.81. The topological polar surface area (TPSA) is 80.0 Å². The van der Waals surface area contributed by atoms with Crippen molar-refractivity contribution in [2.45, 2.75) is 33.7 Å². The summed E-state index contributed by atoms with van der Waals surface area (Å²) in [5, 5.41) is 6.60. The van der Waals surface area contributed by atoms with Crippen LogP contribution in [0.3, 0.4) is 0 Å². The average molecular weight is 268 g/mol. The second-order valence-electron chi connectivity index (χ2n) is 5.83. The lowest BCUT2D eigenvalue weighted by molar-refractivity contribution is 0.0948. The van der Waals surface area contributed by atoms with Crippen molar-refractivity contribution in [1.82, 2.24) is 10.3 Å². The van der Waals surface area contributed by atoms with Crippen molar-refractivity contribution < 1.29 is 4.79 Å². The number of rotatable bonds is 3. The molecule has 0 saturated heterocycles. The Morgan fingerprint density at radius 3 is 2.28 bits per heavy atom. The zero-order valence-corrected chi connectivity index (χ0v) is 12.2. The van der Waals surface area contributed by atoms with E-state index < -0.39 is 0 Å². The third kappa shape index (κ3) is 1.75. The van der Waals surface area contributed by atoms with Gasteiger partial charge in [-0.1, -0.05) is 39.0 Å². The third-order valence-electron chi connectivity index (χ3n) is 4.37. The molecule has 0 spiro atoms. The summed E-state index contributed by atoms with van der Waals surface area (Å²) in [4.78, 5) is 16.7. The molecule has 0 aromatic carbocycles. The Morgan fingerprint density at radius 1 is 1.33 bits per heavy atom. The predicted molar refractivity (Wildman–Crippen MR) is 74.9 cm³/mol. The number of nitrogen functional groups attached to an aromatic ring is 1. The molecule has 0 bridgehead atoms. The number of carbonyl (C=O) groups is 1. The van der Waals surface area contributed by atoms with Crippen LogP contribution in [0.5, 0.6) is 0 Å². The lowest BCUT2D eigenvalue weighted by Crippen LogP contribution is -2.29. The van der Waals surface area contributed by atoms with Gasteiger partial charge in [0.05, 0.1) is 0 Å². The van der Waals surface area contributed by atoms with E-state index >= 15 is 0 Å². The SMILES string of the molecule is CNc1nc(N)c(C(=O)NC2C(C)(C)C2(C)C)s1. The van der Waals surface area contributed by atoms with Gasteiger partial charge in [0, 0.05) is 13.1 Å². The number of amides is 1. The number of carbonyl (C=O) groups excluding carboxylic acids is 1. The van der Waals surface area contributed by atoms with Gasteiger partial charge < -0.3 is 16.4 Å². The van der Waals surface area contributed by atoms with E-state index in [9.17, 15) is 4.79 Å². The van der Waals surface area contributed by atoms with Crippen LogP contribution in [0.15, 0.2) is 0 Å². The maximum atomic E-state index is 12.2. The van der Waals surface area contributed by atoms with Gasteiger partial charge in [0.15, 0.2) is 5.13 Å². The van der Waals surface area contributed by atoms with Gasteiger partial charge in [-0.3, -0.25) is 4.79 Å². The van der Waals surface area contributed by atoms with Crippen LogP contribution in [0.4, 0.5) is 10.9 Å². The molecule has 1 aromatic heterocycles. The smallest absolute Gasteiger partial charge is 0.265 e. The molecule has 6 heteroatoms. The molecular weight excluding hydrogens is 248 g/mol. The van der Waals surface area contributed by atoms with Gasteiger partial charge in [0.25, 0.3) is 5.91 Å². The Labute approximate surface area is 111 Å². The summed E-state index contributed by atoms with van der Waals surface area (Å²) < 4.78 is 0. The number of nitrogens with two attached hydrogens (primary N) is 1. The second kappa shape index (κ2) is 3.85. The first-order valence-electron chi connectivity index (χ1n) is 5.96. The van der Waals surface area contributed by atoms with Crippen molar-refractivity contribution >= 4 is 28.2 Å². The summed E-state index contributed by atoms with van der Waals surface area (Å²) in [6.45, 7) is 8.64. The van der Waals surface area contributed by atoms with E-state index in [2.05, 4.69) is 43.3 Å². The van der Waals surface area contributed by atoms with Crippen molar-refractivity contribution in [3.05, 3.63) is 4.88 Å².